The topological polar surface area (TPSA) is 58.4 Å². The molecule has 0 saturated carbocycles. The Morgan fingerprint density at radius 2 is 2.12 bits per heavy atom. The van der Waals surface area contributed by atoms with E-state index in [1.54, 1.807) is 18.4 Å². The normalized spacial score (nSPS) is 15.2. The van der Waals surface area contributed by atoms with Gasteiger partial charge in [0.05, 0.1) is 19.3 Å². The molecule has 1 atom stereocenters. The van der Waals surface area contributed by atoms with E-state index in [2.05, 4.69) is 10.2 Å². The highest BCUT2D eigenvalue weighted by atomic mass is 32.2. The summed E-state index contributed by atoms with van der Waals surface area (Å²) in [4.78, 5) is 0. The molecule has 0 unspecified atom stereocenters. The molecule has 0 amide bonds. The van der Waals surface area contributed by atoms with Crippen molar-refractivity contribution in [3.8, 4) is 22.9 Å². The van der Waals surface area contributed by atoms with Gasteiger partial charge in [-0.25, -0.2) is 4.39 Å². The zero-order valence-corrected chi connectivity index (χ0v) is 19.8. The first kappa shape index (κ1) is 21.9. The highest BCUT2D eigenvalue weighted by Gasteiger charge is 2.26. The molecule has 1 aliphatic rings. The molecule has 0 radical (unpaired) electrons. The van der Waals surface area contributed by atoms with Crippen molar-refractivity contribution >= 4 is 23.1 Å². The molecule has 33 heavy (non-hydrogen) atoms. The van der Waals surface area contributed by atoms with Gasteiger partial charge in [-0.15, -0.1) is 10.2 Å². The van der Waals surface area contributed by atoms with Gasteiger partial charge in [0.25, 0.3) is 0 Å². The number of thioether (sulfide) groups is 1. The maximum Gasteiger partial charge on any atom is 0.227 e. The van der Waals surface area contributed by atoms with Crippen LogP contribution in [0.2, 0.25) is 0 Å². The first-order valence-corrected chi connectivity index (χ1v) is 12.4. The number of benzene rings is 2. The zero-order chi connectivity index (χ0) is 22.8. The quantitative estimate of drug-likeness (QED) is 0.297. The summed E-state index contributed by atoms with van der Waals surface area (Å²) in [6.45, 7) is 3.03. The number of hydrogen-bond donors (Lipinski definition) is 0. The van der Waals surface area contributed by atoms with Crippen molar-refractivity contribution in [2.75, 3.05) is 7.11 Å². The molecule has 2 aromatic carbocycles. The van der Waals surface area contributed by atoms with E-state index < -0.39 is 6.29 Å². The van der Waals surface area contributed by atoms with Crippen LogP contribution in [0.4, 0.5) is 4.39 Å². The zero-order valence-electron chi connectivity index (χ0n) is 18.2. The van der Waals surface area contributed by atoms with Crippen molar-refractivity contribution in [2.45, 2.75) is 37.3 Å². The van der Waals surface area contributed by atoms with Crippen molar-refractivity contribution < 1.29 is 18.6 Å². The third-order valence-corrected chi connectivity index (χ3v) is 7.09. The molecule has 2 aromatic heterocycles. The molecule has 0 spiro atoms. The number of thiophene rings is 1. The second kappa shape index (κ2) is 9.54. The van der Waals surface area contributed by atoms with Crippen LogP contribution in [0, 0.1) is 5.82 Å². The fraction of sp³-hybridized carbons (Fsp3) is 0.250. The Kier molecular flexibility index (Phi) is 6.34. The van der Waals surface area contributed by atoms with Crippen LogP contribution in [0.3, 0.4) is 0 Å². The van der Waals surface area contributed by atoms with Crippen LogP contribution >= 0.6 is 23.1 Å². The van der Waals surface area contributed by atoms with Gasteiger partial charge in [0.15, 0.2) is 11.0 Å². The molecule has 0 fully saturated rings. The lowest BCUT2D eigenvalue weighted by Gasteiger charge is -2.27. The van der Waals surface area contributed by atoms with E-state index in [1.807, 2.05) is 52.6 Å². The van der Waals surface area contributed by atoms with E-state index in [1.165, 1.54) is 23.9 Å². The smallest absolute Gasteiger partial charge is 0.227 e. The lowest BCUT2D eigenvalue weighted by molar-refractivity contribution is -0.111. The van der Waals surface area contributed by atoms with Crippen LogP contribution < -0.4 is 9.47 Å². The van der Waals surface area contributed by atoms with Crippen molar-refractivity contribution in [3.05, 3.63) is 75.7 Å². The average molecular weight is 484 g/mol. The summed E-state index contributed by atoms with van der Waals surface area (Å²) in [6, 6.07) is 12.7. The molecule has 5 rings (SSSR count). The van der Waals surface area contributed by atoms with E-state index in [4.69, 9.17) is 14.2 Å². The number of aromatic nitrogens is 3. The summed E-state index contributed by atoms with van der Waals surface area (Å²) >= 11 is 3.08. The van der Waals surface area contributed by atoms with Crippen molar-refractivity contribution in [2.24, 2.45) is 0 Å². The summed E-state index contributed by atoms with van der Waals surface area (Å²) in [6.07, 6.45) is -0.491. The van der Waals surface area contributed by atoms with Crippen LogP contribution in [0.15, 0.2) is 58.4 Å². The minimum Gasteiger partial charge on any atom is -0.496 e. The number of hydrogen-bond acceptors (Lipinski definition) is 7. The molecule has 6 nitrogen and oxygen atoms in total. The Morgan fingerprint density at radius 3 is 2.91 bits per heavy atom. The second-order valence-corrected chi connectivity index (χ2v) is 9.13. The molecule has 0 N–H and O–H groups in total. The predicted molar refractivity (Wildman–Crippen MR) is 126 cm³/mol. The molecular formula is C24H22FN3O3S2. The lowest BCUT2D eigenvalue weighted by Crippen LogP contribution is -2.18. The number of para-hydroxylation sites is 1. The number of fused-ring (bicyclic) bond motifs is 1. The molecule has 0 aliphatic carbocycles. The van der Waals surface area contributed by atoms with Gasteiger partial charge in [-0.3, -0.25) is 0 Å². The van der Waals surface area contributed by atoms with Gasteiger partial charge in [-0.2, -0.15) is 11.3 Å². The van der Waals surface area contributed by atoms with E-state index >= 15 is 0 Å². The van der Waals surface area contributed by atoms with Gasteiger partial charge in [0.1, 0.15) is 17.3 Å². The van der Waals surface area contributed by atoms with Gasteiger partial charge in [0, 0.05) is 34.4 Å². The van der Waals surface area contributed by atoms with Gasteiger partial charge < -0.3 is 18.8 Å². The van der Waals surface area contributed by atoms with Gasteiger partial charge >= 0.3 is 0 Å². The molecule has 9 heteroatoms. The number of halogens is 1. The van der Waals surface area contributed by atoms with Crippen LogP contribution in [-0.2, 0) is 23.6 Å². The Bertz CT molecular complexity index is 1260. The molecule has 0 bridgehead atoms. The minimum absolute atomic E-state index is 0.300. The Hall–Kier alpha value is -2.88. The van der Waals surface area contributed by atoms with Gasteiger partial charge in [-0.1, -0.05) is 23.9 Å². The van der Waals surface area contributed by atoms with E-state index in [0.29, 0.717) is 30.2 Å². The monoisotopic (exact) mass is 483 g/mol. The van der Waals surface area contributed by atoms with E-state index in [-0.39, 0.29) is 5.82 Å². The third kappa shape index (κ3) is 4.36. The standard InChI is InChI=1S/C24H22FN3O3S2/c1-3-28-22(19-6-4-5-7-20(19)29-2)26-27-24(28)33-14-17-11-18(25)10-16-12-30-23(31-21(16)17)15-8-9-32-13-15/h4-11,13,23H,3,12,14H2,1-2H3/t23-/m1/s1. The molecular weight excluding hydrogens is 461 g/mol. The maximum absolute atomic E-state index is 14.3. The van der Waals surface area contributed by atoms with Gasteiger partial charge in [0.2, 0.25) is 6.29 Å². The van der Waals surface area contributed by atoms with Gasteiger partial charge in [-0.05, 0) is 42.6 Å². The number of methoxy groups -OCH3 is 1. The van der Waals surface area contributed by atoms with Crippen molar-refractivity contribution in [1.29, 1.82) is 0 Å². The second-order valence-electron chi connectivity index (χ2n) is 7.41. The van der Waals surface area contributed by atoms with E-state index in [0.717, 1.165) is 33.4 Å². The highest BCUT2D eigenvalue weighted by molar-refractivity contribution is 7.98. The highest BCUT2D eigenvalue weighted by Crippen LogP contribution is 2.39. The SMILES string of the molecule is CCn1c(SCc2cc(F)cc3c2O[C@H](c2ccsc2)OC3)nnc1-c1ccccc1OC. The van der Waals surface area contributed by atoms with Crippen molar-refractivity contribution in [1.82, 2.24) is 14.8 Å². The average Bonchev–Trinajstić information content (AvgIpc) is 3.52. The Labute approximate surface area is 199 Å². The fourth-order valence-corrected chi connectivity index (χ4v) is 5.44. The molecule has 0 saturated heterocycles. The summed E-state index contributed by atoms with van der Waals surface area (Å²) < 4.78 is 33.8. The minimum atomic E-state index is -0.491. The summed E-state index contributed by atoms with van der Waals surface area (Å²) in [5, 5.41) is 13.6. The summed E-state index contributed by atoms with van der Waals surface area (Å²) in [5.74, 6) is 2.33. The van der Waals surface area contributed by atoms with Crippen LogP contribution in [0.25, 0.3) is 11.4 Å². The predicted octanol–water partition coefficient (Wildman–Crippen LogP) is 6.07. The third-order valence-electron chi connectivity index (χ3n) is 5.38. The van der Waals surface area contributed by atoms with Crippen LogP contribution in [-0.4, -0.2) is 21.9 Å². The largest absolute Gasteiger partial charge is 0.496 e. The maximum atomic E-state index is 14.3. The molecule has 170 valence electrons. The summed E-state index contributed by atoms with van der Waals surface area (Å²) in [7, 11) is 1.64. The fourth-order valence-electron chi connectivity index (χ4n) is 3.81. The Balaban J connectivity index is 1.42. The first-order valence-electron chi connectivity index (χ1n) is 10.5. The number of nitrogens with zero attached hydrogens (tertiary/aromatic N) is 3. The molecule has 1 aliphatic heterocycles. The lowest BCUT2D eigenvalue weighted by atomic mass is 10.1. The summed E-state index contributed by atoms with van der Waals surface area (Å²) in [5.41, 5.74) is 3.32. The Morgan fingerprint density at radius 1 is 1.24 bits per heavy atom. The number of rotatable bonds is 7. The van der Waals surface area contributed by atoms with Crippen LogP contribution in [0.5, 0.6) is 11.5 Å². The molecule has 4 aromatic rings. The molecule has 3 heterocycles. The first-order chi connectivity index (χ1) is 16.2. The van der Waals surface area contributed by atoms with Crippen molar-refractivity contribution in [3.63, 3.8) is 0 Å². The van der Waals surface area contributed by atoms with Crippen LogP contribution in [0.1, 0.15) is 29.9 Å². The number of ether oxygens (including phenoxy) is 3. The van der Waals surface area contributed by atoms with E-state index in [9.17, 15) is 4.39 Å².